The number of aliphatic hydroxyl groups is 1. The number of hydrogen-bond donors (Lipinski definition) is 2. The lowest BCUT2D eigenvalue weighted by Crippen LogP contribution is -2.48. The molecule has 0 unspecified atom stereocenters. The first-order valence-electron chi connectivity index (χ1n) is 3.18. The second-order valence-corrected chi connectivity index (χ2v) is 2.87. The molecule has 1 aliphatic rings. The summed E-state index contributed by atoms with van der Waals surface area (Å²) >= 11 is 0. The van der Waals surface area contributed by atoms with Gasteiger partial charge in [0.2, 0.25) is 0 Å². The van der Waals surface area contributed by atoms with Gasteiger partial charge in [0.05, 0.1) is 5.60 Å². The first-order chi connectivity index (χ1) is 4.20. The van der Waals surface area contributed by atoms with Gasteiger partial charge in [-0.1, -0.05) is 0 Å². The van der Waals surface area contributed by atoms with Gasteiger partial charge in [-0.15, -0.1) is 0 Å². The van der Waals surface area contributed by atoms with Crippen LogP contribution in [0.3, 0.4) is 0 Å². The summed E-state index contributed by atoms with van der Waals surface area (Å²) in [5.74, 6) is 0.353. The highest BCUT2D eigenvalue weighted by molar-refractivity contribution is 4.93. The average molecular weight is 133 g/mol. The zero-order valence-electron chi connectivity index (χ0n) is 5.31. The van der Waals surface area contributed by atoms with Crippen LogP contribution in [-0.2, 0) is 0 Å². The molecule has 0 heterocycles. The van der Waals surface area contributed by atoms with Crippen molar-refractivity contribution in [2.24, 2.45) is 11.7 Å². The van der Waals surface area contributed by atoms with Crippen LogP contribution in [0.25, 0.3) is 0 Å². The fraction of sp³-hybridized carbons (Fsp3) is 1.00. The van der Waals surface area contributed by atoms with Crippen LogP contribution >= 0.6 is 0 Å². The Labute approximate surface area is 53.9 Å². The molecule has 9 heavy (non-hydrogen) atoms. The molecular formula is C6H12FNO. The molecule has 2 nitrogen and oxygen atoms in total. The molecule has 0 atom stereocenters. The van der Waals surface area contributed by atoms with E-state index in [9.17, 15) is 4.39 Å². The number of alkyl halides is 1. The van der Waals surface area contributed by atoms with Crippen molar-refractivity contribution < 1.29 is 9.50 Å². The Kier molecular flexibility index (Phi) is 1.73. The minimum atomic E-state index is -1.01. The summed E-state index contributed by atoms with van der Waals surface area (Å²) in [7, 11) is 0. The van der Waals surface area contributed by atoms with Crippen LogP contribution in [0.15, 0.2) is 0 Å². The number of hydrogen-bond acceptors (Lipinski definition) is 2. The predicted octanol–water partition coefficient (Wildman–Crippen LogP) is 0.0557. The van der Waals surface area contributed by atoms with E-state index in [0.29, 0.717) is 25.3 Å². The minimum absolute atomic E-state index is 0.353. The Hall–Kier alpha value is -0.150. The first-order valence-corrected chi connectivity index (χ1v) is 3.18. The van der Waals surface area contributed by atoms with E-state index in [4.69, 9.17) is 10.8 Å². The van der Waals surface area contributed by atoms with Crippen LogP contribution < -0.4 is 5.73 Å². The van der Waals surface area contributed by atoms with Crippen LogP contribution in [0.4, 0.5) is 4.39 Å². The second kappa shape index (κ2) is 2.23. The standard InChI is InChI=1S/C6H12FNO/c7-4-6(9)1-5(2-6)3-8/h5,9H,1-4,8H2. The van der Waals surface area contributed by atoms with Gasteiger partial charge < -0.3 is 10.8 Å². The van der Waals surface area contributed by atoms with E-state index < -0.39 is 12.3 Å². The zero-order chi connectivity index (χ0) is 6.91. The van der Waals surface area contributed by atoms with Crippen LogP contribution in [-0.4, -0.2) is 23.9 Å². The topological polar surface area (TPSA) is 46.2 Å². The number of halogens is 1. The molecule has 0 aliphatic heterocycles. The maximum absolute atomic E-state index is 11.8. The van der Waals surface area contributed by atoms with Crippen molar-refractivity contribution in [1.82, 2.24) is 0 Å². The normalized spacial score (nSPS) is 42.3. The minimum Gasteiger partial charge on any atom is -0.387 e. The van der Waals surface area contributed by atoms with Crippen LogP contribution in [0.2, 0.25) is 0 Å². The number of nitrogens with two attached hydrogens (primary N) is 1. The Bertz CT molecular complexity index is 101. The van der Waals surface area contributed by atoms with E-state index in [1.807, 2.05) is 0 Å². The average Bonchev–Trinajstić information content (AvgIpc) is 1.81. The molecule has 1 aliphatic carbocycles. The fourth-order valence-corrected chi connectivity index (χ4v) is 1.29. The van der Waals surface area contributed by atoms with Gasteiger partial charge in [0.25, 0.3) is 0 Å². The first kappa shape index (κ1) is 6.96. The summed E-state index contributed by atoms with van der Waals surface area (Å²) in [6.45, 7) is -0.0498. The maximum atomic E-state index is 11.8. The van der Waals surface area contributed by atoms with Crippen LogP contribution in [0.5, 0.6) is 0 Å². The van der Waals surface area contributed by atoms with Crippen molar-refractivity contribution >= 4 is 0 Å². The van der Waals surface area contributed by atoms with Gasteiger partial charge in [0.1, 0.15) is 6.67 Å². The van der Waals surface area contributed by atoms with Crippen molar-refractivity contribution in [2.45, 2.75) is 18.4 Å². The Morgan fingerprint density at radius 3 is 2.56 bits per heavy atom. The summed E-state index contributed by atoms with van der Waals surface area (Å²) in [6, 6.07) is 0. The van der Waals surface area contributed by atoms with E-state index in [1.54, 1.807) is 0 Å². The van der Waals surface area contributed by atoms with E-state index in [2.05, 4.69) is 0 Å². The highest BCUT2D eigenvalue weighted by Crippen LogP contribution is 2.36. The molecule has 0 spiro atoms. The Morgan fingerprint density at radius 2 is 2.22 bits per heavy atom. The lowest BCUT2D eigenvalue weighted by Gasteiger charge is -2.41. The highest BCUT2D eigenvalue weighted by atomic mass is 19.1. The lowest BCUT2D eigenvalue weighted by molar-refractivity contribution is -0.0853. The van der Waals surface area contributed by atoms with Gasteiger partial charge in [-0.3, -0.25) is 0 Å². The molecule has 0 aromatic carbocycles. The van der Waals surface area contributed by atoms with Crippen molar-refractivity contribution in [1.29, 1.82) is 0 Å². The monoisotopic (exact) mass is 133 g/mol. The van der Waals surface area contributed by atoms with Crippen molar-refractivity contribution in [2.75, 3.05) is 13.2 Å². The maximum Gasteiger partial charge on any atom is 0.118 e. The summed E-state index contributed by atoms with van der Waals surface area (Å²) in [6.07, 6.45) is 1.08. The van der Waals surface area contributed by atoms with Gasteiger partial charge in [0.15, 0.2) is 0 Å². The molecule has 0 saturated heterocycles. The van der Waals surface area contributed by atoms with Crippen molar-refractivity contribution in [3.05, 3.63) is 0 Å². The predicted molar refractivity (Wildman–Crippen MR) is 32.7 cm³/mol. The third-order valence-electron chi connectivity index (χ3n) is 1.92. The van der Waals surface area contributed by atoms with Gasteiger partial charge in [-0.25, -0.2) is 4.39 Å². The quantitative estimate of drug-likeness (QED) is 0.559. The second-order valence-electron chi connectivity index (χ2n) is 2.87. The molecule has 0 amide bonds. The summed E-state index contributed by atoms with van der Waals surface area (Å²) < 4.78 is 11.8. The van der Waals surface area contributed by atoms with E-state index in [1.165, 1.54) is 0 Å². The van der Waals surface area contributed by atoms with Gasteiger partial charge in [-0.05, 0) is 25.3 Å². The van der Waals surface area contributed by atoms with Crippen molar-refractivity contribution in [3.8, 4) is 0 Å². The summed E-state index contributed by atoms with van der Waals surface area (Å²) in [5, 5.41) is 9.09. The molecule has 0 aromatic rings. The van der Waals surface area contributed by atoms with E-state index in [0.717, 1.165) is 0 Å². The van der Waals surface area contributed by atoms with Gasteiger partial charge >= 0.3 is 0 Å². The Morgan fingerprint density at radius 1 is 1.67 bits per heavy atom. The third-order valence-corrected chi connectivity index (χ3v) is 1.92. The van der Waals surface area contributed by atoms with Crippen LogP contribution in [0.1, 0.15) is 12.8 Å². The molecular weight excluding hydrogens is 121 g/mol. The fourth-order valence-electron chi connectivity index (χ4n) is 1.29. The number of rotatable bonds is 2. The molecule has 3 N–H and O–H groups in total. The Balaban J connectivity index is 2.24. The zero-order valence-corrected chi connectivity index (χ0v) is 5.31. The van der Waals surface area contributed by atoms with Crippen molar-refractivity contribution in [3.63, 3.8) is 0 Å². The molecule has 0 aromatic heterocycles. The molecule has 1 fully saturated rings. The largest absolute Gasteiger partial charge is 0.387 e. The molecule has 3 heteroatoms. The summed E-state index contributed by atoms with van der Waals surface area (Å²) in [5.41, 5.74) is 4.27. The van der Waals surface area contributed by atoms with E-state index in [-0.39, 0.29) is 0 Å². The molecule has 1 saturated carbocycles. The lowest BCUT2D eigenvalue weighted by atomic mass is 9.72. The van der Waals surface area contributed by atoms with E-state index >= 15 is 0 Å². The molecule has 0 radical (unpaired) electrons. The SMILES string of the molecule is NCC1CC(O)(CF)C1. The molecule has 1 rings (SSSR count). The summed E-state index contributed by atoms with van der Waals surface area (Å²) in [4.78, 5) is 0. The van der Waals surface area contributed by atoms with Gasteiger partial charge in [0, 0.05) is 0 Å². The smallest absolute Gasteiger partial charge is 0.118 e. The third kappa shape index (κ3) is 1.22. The molecule has 0 bridgehead atoms. The highest BCUT2D eigenvalue weighted by Gasteiger charge is 2.41. The molecule has 54 valence electrons. The van der Waals surface area contributed by atoms with Gasteiger partial charge in [-0.2, -0.15) is 0 Å². The van der Waals surface area contributed by atoms with Crippen LogP contribution in [0, 0.1) is 5.92 Å².